The van der Waals surface area contributed by atoms with Crippen LogP contribution in [0.5, 0.6) is 0 Å². The Hall–Kier alpha value is -1.04. The predicted molar refractivity (Wildman–Crippen MR) is 56.2 cm³/mol. The topological polar surface area (TPSA) is 67.3 Å². The third kappa shape index (κ3) is 4.83. The molecule has 0 aliphatic rings. The zero-order chi connectivity index (χ0) is 10.9. The van der Waals surface area contributed by atoms with E-state index in [0.29, 0.717) is 19.6 Å². The number of ether oxygens (including phenoxy) is 1. The third-order valence-electron chi connectivity index (χ3n) is 2.06. The van der Waals surface area contributed by atoms with E-state index in [-0.39, 0.29) is 12.6 Å². The van der Waals surface area contributed by atoms with Gasteiger partial charge in [0.15, 0.2) is 0 Å². The van der Waals surface area contributed by atoms with Crippen molar-refractivity contribution in [3.8, 4) is 0 Å². The van der Waals surface area contributed by atoms with E-state index >= 15 is 0 Å². The summed E-state index contributed by atoms with van der Waals surface area (Å²) >= 11 is 0. The molecule has 1 atom stereocenters. The van der Waals surface area contributed by atoms with Gasteiger partial charge in [-0.3, -0.25) is 0 Å². The van der Waals surface area contributed by atoms with Crippen LogP contribution in [0.15, 0.2) is 18.6 Å². The molecule has 1 unspecified atom stereocenters. The van der Waals surface area contributed by atoms with Crippen LogP contribution in [-0.4, -0.2) is 41.4 Å². The van der Waals surface area contributed by atoms with Gasteiger partial charge in [0, 0.05) is 32.5 Å². The Morgan fingerprint density at radius 3 is 3.07 bits per heavy atom. The fourth-order valence-electron chi connectivity index (χ4n) is 1.27. The van der Waals surface area contributed by atoms with Crippen LogP contribution in [0, 0.1) is 0 Å². The van der Waals surface area contributed by atoms with Crippen LogP contribution in [0.1, 0.15) is 12.1 Å². The number of hydrogen-bond donors (Lipinski definition) is 2. The molecule has 5 heteroatoms. The van der Waals surface area contributed by atoms with E-state index in [9.17, 15) is 0 Å². The first-order valence-electron chi connectivity index (χ1n) is 4.95. The van der Waals surface area contributed by atoms with Crippen LogP contribution in [0.4, 0.5) is 0 Å². The van der Waals surface area contributed by atoms with E-state index in [4.69, 9.17) is 9.84 Å². The minimum Gasteiger partial charge on any atom is -0.396 e. The summed E-state index contributed by atoms with van der Waals surface area (Å²) in [6.45, 7) is 1.41. The van der Waals surface area contributed by atoms with Gasteiger partial charge in [-0.25, -0.2) is 9.97 Å². The molecule has 0 spiro atoms. The monoisotopic (exact) mass is 211 g/mol. The summed E-state index contributed by atoms with van der Waals surface area (Å²) in [5.74, 6) is 0. The molecule has 1 heterocycles. The molecule has 0 aliphatic heterocycles. The quantitative estimate of drug-likeness (QED) is 0.662. The van der Waals surface area contributed by atoms with Gasteiger partial charge in [-0.2, -0.15) is 0 Å². The fraction of sp³-hybridized carbons (Fsp3) is 0.600. The molecule has 1 aromatic rings. The molecular formula is C10H17N3O2. The van der Waals surface area contributed by atoms with E-state index in [2.05, 4.69) is 15.3 Å². The maximum atomic E-state index is 8.84. The van der Waals surface area contributed by atoms with Gasteiger partial charge in [0.25, 0.3) is 0 Å². The Bertz CT molecular complexity index is 250. The van der Waals surface area contributed by atoms with E-state index in [1.165, 1.54) is 6.33 Å². The van der Waals surface area contributed by atoms with Crippen LogP contribution in [0.25, 0.3) is 0 Å². The molecule has 0 aliphatic carbocycles. The van der Waals surface area contributed by atoms with E-state index < -0.39 is 0 Å². The third-order valence-corrected chi connectivity index (χ3v) is 2.06. The molecule has 1 aromatic heterocycles. The molecule has 84 valence electrons. The summed E-state index contributed by atoms with van der Waals surface area (Å²) in [5.41, 5.74) is 0.934. The van der Waals surface area contributed by atoms with Crippen molar-refractivity contribution in [2.75, 3.05) is 20.3 Å². The summed E-state index contributed by atoms with van der Waals surface area (Å²) in [5, 5.41) is 12.1. The smallest absolute Gasteiger partial charge is 0.115 e. The normalized spacial score (nSPS) is 12.7. The Morgan fingerprint density at radius 2 is 2.47 bits per heavy atom. The summed E-state index contributed by atoms with van der Waals surface area (Å²) in [6, 6.07) is 2.02. The fourth-order valence-corrected chi connectivity index (χ4v) is 1.27. The lowest BCUT2D eigenvalue weighted by Crippen LogP contribution is -2.33. The van der Waals surface area contributed by atoms with Gasteiger partial charge in [0.1, 0.15) is 6.33 Å². The molecule has 0 fully saturated rings. The van der Waals surface area contributed by atoms with Gasteiger partial charge < -0.3 is 15.2 Å². The number of aliphatic hydroxyl groups is 1. The molecule has 1 rings (SSSR count). The molecule has 15 heavy (non-hydrogen) atoms. The Labute approximate surface area is 89.5 Å². The number of methoxy groups -OCH3 is 1. The lowest BCUT2D eigenvalue weighted by Gasteiger charge is -2.16. The lowest BCUT2D eigenvalue weighted by molar-refractivity contribution is 0.148. The van der Waals surface area contributed by atoms with Crippen LogP contribution in [0.3, 0.4) is 0 Å². The molecule has 0 aromatic carbocycles. The van der Waals surface area contributed by atoms with Gasteiger partial charge in [-0.15, -0.1) is 0 Å². The van der Waals surface area contributed by atoms with Crippen molar-refractivity contribution in [2.24, 2.45) is 0 Å². The second-order valence-corrected chi connectivity index (χ2v) is 3.25. The van der Waals surface area contributed by atoms with Crippen molar-refractivity contribution >= 4 is 0 Å². The van der Waals surface area contributed by atoms with Gasteiger partial charge in [0.2, 0.25) is 0 Å². The van der Waals surface area contributed by atoms with Gasteiger partial charge in [-0.1, -0.05) is 0 Å². The first-order chi connectivity index (χ1) is 7.36. The molecule has 0 radical (unpaired) electrons. The molecular weight excluding hydrogens is 194 g/mol. The summed E-state index contributed by atoms with van der Waals surface area (Å²) < 4.78 is 5.04. The standard InChI is InChI=1S/C10H17N3O2/c1-15-7-10(3-5-14)12-6-9-2-4-11-8-13-9/h2,4,8,10,12,14H,3,5-7H2,1H3. The number of hydrogen-bond acceptors (Lipinski definition) is 5. The number of aliphatic hydroxyl groups excluding tert-OH is 1. The van der Waals surface area contributed by atoms with Crippen LogP contribution in [-0.2, 0) is 11.3 Å². The highest BCUT2D eigenvalue weighted by atomic mass is 16.5. The zero-order valence-electron chi connectivity index (χ0n) is 8.89. The Morgan fingerprint density at radius 1 is 1.60 bits per heavy atom. The average molecular weight is 211 g/mol. The highest BCUT2D eigenvalue weighted by Crippen LogP contribution is 1.96. The minimum atomic E-state index is 0.158. The first-order valence-corrected chi connectivity index (χ1v) is 4.95. The largest absolute Gasteiger partial charge is 0.396 e. The molecule has 0 saturated heterocycles. The van der Waals surface area contributed by atoms with Gasteiger partial charge in [0.05, 0.1) is 12.3 Å². The second kappa shape index (κ2) is 7.28. The molecule has 2 N–H and O–H groups in total. The second-order valence-electron chi connectivity index (χ2n) is 3.25. The molecule has 0 saturated carbocycles. The number of nitrogens with zero attached hydrogens (tertiary/aromatic N) is 2. The van der Waals surface area contributed by atoms with Gasteiger partial charge >= 0.3 is 0 Å². The van der Waals surface area contributed by atoms with Crippen molar-refractivity contribution in [3.05, 3.63) is 24.3 Å². The molecule has 0 bridgehead atoms. The summed E-state index contributed by atoms with van der Waals surface area (Å²) in [6.07, 6.45) is 3.91. The van der Waals surface area contributed by atoms with E-state index in [0.717, 1.165) is 5.69 Å². The highest BCUT2D eigenvalue weighted by Gasteiger charge is 2.06. The maximum absolute atomic E-state index is 8.84. The molecule has 5 nitrogen and oxygen atoms in total. The Balaban J connectivity index is 2.33. The van der Waals surface area contributed by atoms with Crippen molar-refractivity contribution in [2.45, 2.75) is 19.0 Å². The van der Waals surface area contributed by atoms with Crippen LogP contribution >= 0.6 is 0 Å². The van der Waals surface area contributed by atoms with Crippen molar-refractivity contribution in [1.29, 1.82) is 0 Å². The van der Waals surface area contributed by atoms with E-state index in [1.54, 1.807) is 13.3 Å². The van der Waals surface area contributed by atoms with Gasteiger partial charge in [-0.05, 0) is 12.5 Å². The zero-order valence-corrected chi connectivity index (χ0v) is 8.89. The first kappa shape index (κ1) is 12.0. The maximum Gasteiger partial charge on any atom is 0.115 e. The molecule has 0 amide bonds. The average Bonchev–Trinajstić information content (AvgIpc) is 2.28. The summed E-state index contributed by atoms with van der Waals surface area (Å²) in [7, 11) is 1.65. The number of aromatic nitrogens is 2. The van der Waals surface area contributed by atoms with Crippen LogP contribution in [0.2, 0.25) is 0 Å². The number of rotatable bonds is 7. The predicted octanol–water partition coefficient (Wildman–Crippen LogP) is -0.0364. The van der Waals surface area contributed by atoms with Crippen molar-refractivity contribution in [1.82, 2.24) is 15.3 Å². The highest BCUT2D eigenvalue weighted by molar-refractivity contribution is 4.97. The van der Waals surface area contributed by atoms with Crippen LogP contribution < -0.4 is 5.32 Å². The SMILES string of the molecule is COCC(CCO)NCc1ccncn1. The van der Waals surface area contributed by atoms with E-state index in [1.807, 2.05) is 6.07 Å². The minimum absolute atomic E-state index is 0.158. The Kier molecular flexibility index (Phi) is 5.84. The number of nitrogens with one attached hydrogen (secondary N) is 1. The van der Waals surface area contributed by atoms with Crippen molar-refractivity contribution in [3.63, 3.8) is 0 Å². The summed E-state index contributed by atoms with van der Waals surface area (Å²) in [4.78, 5) is 7.94. The lowest BCUT2D eigenvalue weighted by atomic mass is 10.2. The van der Waals surface area contributed by atoms with Crippen molar-refractivity contribution < 1.29 is 9.84 Å².